The van der Waals surface area contributed by atoms with Crippen LogP contribution in [0.3, 0.4) is 0 Å². The standard InChI is InChI=1S/C25H21FN2O3S.C24H18FIN2O3.C18H15FN2O3S/c1-30-25(29)22-23(31-15-17-6-4-3-5-7-17)21-20(24(28-22)32-2)13-18(14-27-21)12-16-8-10-19(26)11-9-16;1-30-24(29)21-22(31-14-16-5-3-2-4-6-16)20-19(23(26)28-21)12-17(13-27-20)11-15-7-9-18(25)10-8-15;1-24-18(23)15-16(22)14-13(17(21-15)25-2)8-11(9-20-14)7-10-3-5-12(19)6-4-10/h3-11,13-14H,12,15H2,1-2H3;2-10,12-13H,11,14H2,1H3;3-6,8-9,22H,7H2,1-2H3. The summed E-state index contributed by atoms with van der Waals surface area (Å²) in [4.78, 5) is 63.3. The third-order valence-corrected chi connectivity index (χ3v) is 15.6. The molecule has 0 aliphatic carbocycles. The van der Waals surface area contributed by atoms with Crippen LogP contribution in [0, 0.1) is 21.2 Å². The van der Waals surface area contributed by atoms with Crippen molar-refractivity contribution in [1.82, 2.24) is 29.9 Å². The quantitative estimate of drug-likeness (QED) is 0.0297. The summed E-state index contributed by atoms with van der Waals surface area (Å²) in [7, 11) is 3.85. The van der Waals surface area contributed by atoms with E-state index in [2.05, 4.69) is 57.2 Å². The fourth-order valence-corrected chi connectivity index (χ4v) is 10.9. The Labute approximate surface area is 526 Å². The van der Waals surface area contributed by atoms with Crippen LogP contribution < -0.4 is 9.47 Å². The number of ether oxygens (including phenoxy) is 5. The Hall–Kier alpha value is -9.19. The summed E-state index contributed by atoms with van der Waals surface area (Å²) in [5.41, 5.74) is 8.99. The van der Waals surface area contributed by atoms with Gasteiger partial charge >= 0.3 is 17.9 Å². The minimum absolute atomic E-state index is 0.0918. The topological polar surface area (TPSA) is 195 Å². The van der Waals surface area contributed by atoms with Crippen molar-refractivity contribution in [2.45, 2.75) is 42.5 Å². The molecule has 6 aromatic heterocycles. The molecule has 15 nitrogen and oxygen atoms in total. The lowest BCUT2D eigenvalue weighted by atomic mass is 10.0. The normalized spacial score (nSPS) is 10.8. The van der Waals surface area contributed by atoms with Gasteiger partial charge < -0.3 is 28.8 Å². The molecular formula is C67H54F3IN6O9S2. The number of hydrogen-bond acceptors (Lipinski definition) is 17. The molecule has 5 aromatic carbocycles. The molecule has 0 atom stereocenters. The zero-order valence-electron chi connectivity index (χ0n) is 47.9. The Balaban J connectivity index is 0.000000158. The van der Waals surface area contributed by atoms with Crippen molar-refractivity contribution in [1.29, 1.82) is 0 Å². The molecule has 88 heavy (non-hydrogen) atoms. The van der Waals surface area contributed by atoms with E-state index in [0.29, 0.717) is 66.5 Å². The number of benzene rings is 5. The zero-order chi connectivity index (χ0) is 62.3. The van der Waals surface area contributed by atoms with Crippen LogP contribution in [0.2, 0.25) is 0 Å². The number of rotatable bonds is 17. The van der Waals surface area contributed by atoms with Crippen LogP contribution >= 0.6 is 46.1 Å². The molecular weight excluding hydrogens is 1280 g/mol. The molecule has 446 valence electrons. The highest BCUT2D eigenvalue weighted by Crippen LogP contribution is 2.37. The van der Waals surface area contributed by atoms with Crippen molar-refractivity contribution in [3.05, 3.63) is 253 Å². The first kappa shape index (κ1) is 63.3. The maximum Gasteiger partial charge on any atom is 0.360 e. The Morgan fingerprint density at radius 2 is 0.784 bits per heavy atom. The van der Waals surface area contributed by atoms with E-state index in [1.54, 1.807) is 55.0 Å². The predicted octanol–water partition coefficient (Wildman–Crippen LogP) is 14.4. The maximum atomic E-state index is 13.2. The number of esters is 3. The summed E-state index contributed by atoms with van der Waals surface area (Å²) in [5, 5.41) is 13.7. The molecule has 1 N–H and O–H groups in total. The van der Waals surface area contributed by atoms with Crippen LogP contribution in [-0.4, -0.2) is 86.8 Å². The van der Waals surface area contributed by atoms with E-state index in [1.165, 1.54) is 81.3 Å². The van der Waals surface area contributed by atoms with Gasteiger partial charge in [-0.25, -0.2) is 42.5 Å². The van der Waals surface area contributed by atoms with Gasteiger partial charge in [-0.3, -0.25) is 15.0 Å². The summed E-state index contributed by atoms with van der Waals surface area (Å²) >= 11 is 4.84. The number of carbonyl (C=O) groups excluding carboxylic acids is 3. The van der Waals surface area contributed by atoms with E-state index >= 15 is 0 Å². The van der Waals surface area contributed by atoms with Gasteiger partial charge in [-0.1, -0.05) is 97.1 Å². The smallest absolute Gasteiger partial charge is 0.360 e. The van der Waals surface area contributed by atoms with Gasteiger partial charge in [0.15, 0.2) is 34.3 Å². The minimum Gasteiger partial charge on any atom is -0.504 e. The summed E-state index contributed by atoms with van der Waals surface area (Å²) in [6.45, 7) is 0.528. The summed E-state index contributed by atoms with van der Waals surface area (Å²) in [6.07, 6.45) is 10.6. The molecule has 0 spiro atoms. The third kappa shape index (κ3) is 15.7. The van der Waals surface area contributed by atoms with E-state index in [-0.39, 0.29) is 53.5 Å². The molecule has 0 saturated heterocycles. The van der Waals surface area contributed by atoms with Gasteiger partial charge in [0.25, 0.3) is 0 Å². The molecule has 0 radical (unpaired) electrons. The molecule has 0 bridgehead atoms. The van der Waals surface area contributed by atoms with Crippen molar-refractivity contribution in [3.63, 3.8) is 0 Å². The summed E-state index contributed by atoms with van der Waals surface area (Å²) in [5.74, 6) is -2.41. The van der Waals surface area contributed by atoms with Crippen LogP contribution in [0.15, 0.2) is 180 Å². The van der Waals surface area contributed by atoms with Crippen LogP contribution in [0.4, 0.5) is 13.2 Å². The number of nitrogens with zero attached hydrogens (tertiary/aromatic N) is 6. The first-order chi connectivity index (χ1) is 42.7. The Morgan fingerprint density at radius 3 is 1.18 bits per heavy atom. The predicted molar refractivity (Wildman–Crippen MR) is 340 cm³/mol. The molecule has 11 aromatic rings. The number of aromatic nitrogens is 6. The fourth-order valence-electron chi connectivity index (χ4n) is 9.09. The molecule has 0 aliphatic heterocycles. The lowest BCUT2D eigenvalue weighted by Crippen LogP contribution is -2.11. The number of hydrogen-bond donors (Lipinski definition) is 1. The summed E-state index contributed by atoms with van der Waals surface area (Å²) < 4.78 is 66.6. The lowest BCUT2D eigenvalue weighted by molar-refractivity contribution is 0.0579. The van der Waals surface area contributed by atoms with Gasteiger partial charge in [-0.2, -0.15) is 0 Å². The number of methoxy groups -OCH3 is 3. The number of aromatic hydroxyl groups is 1. The third-order valence-electron chi connectivity index (χ3n) is 13.4. The highest BCUT2D eigenvalue weighted by molar-refractivity contribution is 14.1. The highest BCUT2D eigenvalue weighted by atomic mass is 127. The molecule has 0 saturated carbocycles. The van der Waals surface area contributed by atoms with Crippen LogP contribution in [0.5, 0.6) is 17.2 Å². The van der Waals surface area contributed by atoms with Crippen molar-refractivity contribution in [2.24, 2.45) is 0 Å². The fraction of sp³-hybridized carbons (Fsp3) is 0.149. The molecule has 0 unspecified atom stereocenters. The highest BCUT2D eigenvalue weighted by Gasteiger charge is 2.25. The Bertz CT molecular complexity index is 4300. The second kappa shape index (κ2) is 29.9. The largest absolute Gasteiger partial charge is 0.504 e. The maximum absolute atomic E-state index is 13.2. The average molecular weight is 1340 g/mol. The molecule has 6 heterocycles. The second-order valence-corrected chi connectivity index (χ2v) is 22.0. The van der Waals surface area contributed by atoms with Gasteiger partial charge in [0.2, 0.25) is 0 Å². The van der Waals surface area contributed by atoms with Crippen molar-refractivity contribution < 1.29 is 56.3 Å². The van der Waals surface area contributed by atoms with E-state index < -0.39 is 17.9 Å². The van der Waals surface area contributed by atoms with E-state index in [4.69, 9.17) is 18.9 Å². The van der Waals surface area contributed by atoms with Gasteiger partial charge in [-0.15, -0.1) is 23.5 Å². The molecule has 0 fully saturated rings. The molecule has 0 aliphatic rings. The van der Waals surface area contributed by atoms with E-state index in [9.17, 15) is 32.7 Å². The molecule has 11 rings (SSSR count). The van der Waals surface area contributed by atoms with Crippen molar-refractivity contribution in [3.8, 4) is 17.2 Å². The van der Waals surface area contributed by atoms with Crippen molar-refractivity contribution in [2.75, 3.05) is 33.8 Å². The second-order valence-electron chi connectivity index (χ2n) is 19.3. The van der Waals surface area contributed by atoms with E-state index in [1.807, 2.05) is 91.4 Å². The van der Waals surface area contributed by atoms with Crippen molar-refractivity contribution >= 4 is 96.7 Å². The number of thioether (sulfide) groups is 2. The zero-order valence-corrected chi connectivity index (χ0v) is 51.7. The SMILES string of the molecule is COC(=O)c1nc(I)c2cc(Cc3ccc(F)cc3)cnc2c1OCc1ccccc1.COC(=O)c1nc(SC)c2cc(Cc3ccc(F)cc3)cnc2c1O.COC(=O)c1nc(SC)c2cc(Cc3ccc(F)cc3)cnc2c1OCc1ccccc1. The first-order valence-corrected chi connectivity index (χ1v) is 30.4. The van der Waals surface area contributed by atoms with Gasteiger partial charge in [-0.05, 0) is 153 Å². The van der Waals surface area contributed by atoms with E-state index in [0.717, 1.165) is 55.3 Å². The first-order valence-electron chi connectivity index (χ1n) is 26.9. The number of fused-ring (bicyclic) bond motifs is 3. The Kier molecular flexibility index (Phi) is 21.5. The monoisotopic (exact) mass is 1330 g/mol. The Morgan fingerprint density at radius 1 is 0.443 bits per heavy atom. The van der Waals surface area contributed by atoms with Crippen LogP contribution in [0.1, 0.15) is 76.0 Å². The molecule has 21 heteroatoms. The average Bonchev–Trinajstić information content (AvgIpc) is 1.24. The van der Waals surface area contributed by atoms with Gasteiger partial charge in [0.1, 0.15) is 61.0 Å². The number of halogens is 4. The van der Waals surface area contributed by atoms with Gasteiger partial charge in [0.05, 0.1) is 21.3 Å². The minimum atomic E-state index is -0.716. The summed E-state index contributed by atoms with van der Waals surface area (Å²) in [6, 6.07) is 44.1. The number of pyridine rings is 6. The molecule has 0 amide bonds. The van der Waals surface area contributed by atoms with Crippen LogP contribution in [0.25, 0.3) is 32.7 Å². The number of carbonyl (C=O) groups is 3. The lowest BCUT2D eigenvalue weighted by Gasteiger charge is -2.15. The van der Waals surface area contributed by atoms with Gasteiger partial charge in [0, 0.05) is 34.7 Å². The van der Waals surface area contributed by atoms with Crippen LogP contribution in [-0.2, 0) is 46.7 Å².